The Balaban J connectivity index is 1.71. The average Bonchev–Trinajstić information content (AvgIpc) is 3.30. The van der Waals surface area contributed by atoms with E-state index >= 15 is 0 Å². The van der Waals surface area contributed by atoms with Crippen LogP contribution in [0.5, 0.6) is 0 Å². The Labute approximate surface area is 174 Å². The number of hydrogen-bond acceptors (Lipinski definition) is 1. The van der Waals surface area contributed by atoms with Crippen LogP contribution >= 0.6 is 0 Å². The highest BCUT2D eigenvalue weighted by atomic mass is 19.1. The Kier molecular flexibility index (Phi) is 4.70. The smallest absolute Gasteiger partial charge is 0.145 e. The van der Waals surface area contributed by atoms with Crippen molar-refractivity contribution >= 4 is 0 Å². The molecule has 0 fully saturated rings. The lowest BCUT2D eigenvalue weighted by Gasteiger charge is -2.16. The van der Waals surface area contributed by atoms with E-state index in [2.05, 4.69) is 33.8 Å². The van der Waals surface area contributed by atoms with E-state index < -0.39 is 0 Å². The standard InChI is InChI=1S/C27H19FN2/c28-22-15-16-24(25(19-22)21-11-5-2-6-12-21)27-29-17-18-30(27)26-14-8-7-13-23(26)20-9-3-1-4-10-20/h1-19H. The SMILES string of the molecule is Fc1ccc(-c2nccn2-c2ccccc2-c2ccccc2)c(-c2ccccc2)c1. The minimum atomic E-state index is -0.264. The van der Waals surface area contributed by atoms with E-state index in [4.69, 9.17) is 0 Å². The second-order valence-corrected chi connectivity index (χ2v) is 7.06. The highest BCUT2D eigenvalue weighted by Gasteiger charge is 2.16. The summed E-state index contributed by atoms with van der Waals surface area (Å²) >= 11 is 0. The van der Waals surface area contributed by atoms with Gasteiger partial charge in [-0.25, -0.2) is 9.37 Å². The average molecular weight is 390 g/mol. The molecule has 0 spiro atoms. The fourth-order valence-corrected chi connectivity index (χ4v) is 3.81. The predicted molar refractivity (Wildman–Crippen MR) is 120 cm³/mol. The third-order valence-electron chi connectivity index (χ3n) is 5.20. The maximum atomic E-state index is 14.2. The first kappa shape index (κ1) is 18.1. The highest BCUT2D eigenvalue weighted by Crippen LogP contribution is 2.35. The molecule has 1 heterocycles. The Morgan fingerprint density at radius 3 is 1.97 bits per heavy atom. The topological polar surface area (TPSA) is 17.8 Å². The van der Waals surface area contributed by atoms with Gasteiger partial charge in [-0.1, -0.05) is 78.9 Å². The van der Waals surface area contributed by atoms with Gasteiger partial charge in [0.05, 0.1) is 5.69 Å². The molecule has 0 saturated carbocycles. The van der Waals surface area contributed by atoms with Crippen molar-refractivity contribution in [3.63, 3.8) is 0 Å². The third kappa shape index (κ3) is 3.31. The normalized spacial score (nSPS) is 10.8. The van der Waals surface area contributed by atoms with Crippen LogP contribution < -0.4 is 0 Å². The van der Waals surface area contributed by atoms with Crippen LogP contribution in [0.4, 0.5) is 4.39 Å². The van der Waals surface area contributed by atoms with E-state index in [9.17, 15) is 4.39 Å². The molecule has 2 nitrogen and oxygen atoms in total. The van der Waals surface area contributed by atoms with Gasteiger partial charge < -0.3 is 0 Å². The quantitative estimate of drug-likeness (QED) is 0.323. The zero-order valence-corrected chi connectivity index (χ0v) is 16.2. The van der Waals surface area contributed by atoms with Crippen molar-refractivity contribution in [2.75, 3.05) is 0 Å². The van der Waals surface area contributed by atoms with E-state index in [1.54, 1.807) is 12.3 Å². The van der Waals surface area contributed by atoms with Crippen LogP contribution in [0.1, 0.15) is 0 Å². The first-order valence-corrected chi connectivity index (χ1v) is 9.85. The second kappa shape index (κ2) is 7.80. The van der Waals surface area contributed by atoms with E-state index in [0.717, 1.165) is 39.3 Å². The van der Waals surface area contributed by atoms with Gasteiger partial charge in [-0.15, -0.1) is 0 Å². The molecule has 3 heteroatoms. The summed E-state index contributed by atoms with van der Waals surface area (Å²) < 4.78 is 16.2. The maximum Gasteiger partial charge on any atom is 0.145 e. The van der Waals surface area contributed by atoms with Gasteiger partial charge in [-0.2, -0.15) is 0 Å². The summed E-state index contributed by atoms with van der Waals surface area (Å²) in [6, 6.07) is 33.3. The number of aromatic nitrogens is 2. The molecule has 0 atom stereocenters. The monoisotopic (exact) mass is 390 g/mol. The largest absolute Gasteiger partial charge is 0.299 e. The van der Waals surface area contributed by atoms with Crippen molar-refractivity contribution < 1.29 is 4.39 Å². The first-order valence-electron chi connectivity index (χ1n) is 9.85. The molecule has 0 aliphatic carbocycles. The summed E-state index contributed by atoms with van der Waals surface area (Å²) in [6.07, 6.45) is 3.74. The maximum absolute atomic E-state index is 14.2. The molecule has 144 valence electrons. The number of nitrogens with zero attached hydrogens (tertiary/aromatic N) is 2. The molecule has 0 radical (unpaired) electrons. The van der Waals surface area contributed by atoms with Gasteiger partial charge in [-0.05, 0) is 41.0 Å². The molecular formula is C27H19FN2. The zero-order chi connectivity index (χ0) is 20.3. The molecule has 5 aromatic rings. The van der Waals surface area contributed by atoms with E-state index in [0.29, 0.717) is 0 Å². The minimum Gasteiger partial charge on any atom is -0.299 e. The Morgan fingerprint density at radius 1 is 0.600 bits per heavy atom. The lowest BCUT2D eigenvalue weighted by Crippen LogP contribution is -2.00. The molecule has 30 heavy (non-hydrogen) atoms. The van der Waals surface area contributed by atoms with Gasteiger partial charge in [-0.3, -0.25) is 4.57 Å². The van der Waals surface area contributed by atoms with Crippen molar-refractivity contribution in [3.05, 3.63) is 121 Å². The Bertz CT molecular complexity index is 1290. The predicted octanol–water partition coefficient (Wildman–Crippen LogP) is 7.01. The first-order chi connectivity index (χ1) is 14.8. The summed E-state index contributed by atoms with van der Waals surface area (Å²) in [4.78, 5) is 4.65. The lowest BCUT2D eigenvalue weighted by atomic mass is 9.98. The molecule has 4 aromatic carbocycles. The lowest BCUT2D eigenvalue weighted by molar-refractivity contribution is 0.628. The van der Waals surface area contributed by atoms with Crippen molar-refractivity contribution in [2.45, 2.75) is 0 Å². The molecule has 0 aliphatic heterocycles. The highest BCUT2D eigenvalue weighted by molar-refractivity contribution is 5.82. The Hall–Kier alpha value is -3.98. The molecule has 0 unspecified atom stereocenters. The molecule has 0 aliphatic rings. The van der Waals surface area contributed by atoms with Gasteiger partial charge in [0, 0.05) is 23.5 Å². The second-order valence-electron chi connectivity index (χ2n) is 7.06. The van der Waals surface area contributed by atoms with Crippen LogP contribution in [0.25, 0.3) is 39.3 Å². The van der Waals surface area contributed by atoms with Gasteiger partial charge >= 0.3 is 0 Å². The molecule has 0 amide bonds. The molecule has 0 bridgehead atoms. The number of halogens is 1. The molecule has 0 N–H and O–H groups in total. The number of para-hydroxylation sites is 1. The number of imidazole rings is 1. The minimum absolute atomic E-state index is 0.264. The Morgan fingerprint density at radius 2 is 1.23 bits per heavy atom. The zero-order valence-electron chi connectivity index (χ0n) is 16.2. The summed E-state index contributed by atoms with van der Waals surface area (Å²) in [5, 5.41) is 0. The van der Waals surface area contributed by atoms with E-state index in [1.165, 1.54) is 6.07 Å². The van der Waals surface area contributed by atoms with Crippen LogP contribution in [0.3, 0.4) is 0 Å². The van der Waals surface area contributed by atoms with E-state index in [1.807, 2.05) is 72.9 Å². The fourth-order valence-electron chi connectivity index (χ4n) is 3.81. The number of rotatable bonds is 4. The van der Waals surface area contributed by atoms with Gasteiger partial charge in [0.15, 0.2) is 0 Å². The van der Waals surface area contributed by atoms with Crippen LogP contribution in [-0.2, 0) is 0 Å². The summed E-state index contributed by atoms with van der Waals surface area (Å²) in [6.45, 7) is 0. The van der Waals surface area contributed by atoms with Crippen molar-refractivity contribution in [1.29, 1.82) is 0 Å². The van der Waals surface area contributed by atoms with Crippen molar-refractivity contribution in [3.8, 4) is 39.3 Å². The fraction of sp³-hybridized carbons (Fsp3) is 0. The third-order valence-corrected chi connectivity index (χ3v) is 5.20. The van der Waals surface area contributed by atoms with E-state index in [-0.39, 0.29) is 5.82 Å². The number of hydrogen-bond donors (Lipinski definition) is 0. The van der Waals surface area contributed by atoms with Crippen LogP contribution in [0.15, 0.2) is 116 Å². The summed E-state index contributed by atoms with van der Waals surface area (Å²) in [5.74, 6) is 0.512. The van der Waals surface area contributed by atoms with Gasteiger partial charge in [0.2, 0.25) is 0 Å². The molecule has 0 saturated heterocycles. The summed E-state index contributed by atoms with van der Waals surface area (Å²) in [7, 11) is 0. The number of benzene rings is 4. The van der Waals surface area contributed by atoms with Gasteiger partial charge in [0.1, 0.15) is 11.6 Å². The van der Waals surface area contributed by atoms with Gasteiger partial charge in [0.25, 0.3) is 0 Å². The van der Waals surface area contributed by atoms with Crippen molar-refractivity contribution in [1.82, 2.24) is 9.55 Å². The molecular weight excluding hydrogens is 371 g/mol. The van der Waals surface area contributed by atoms with Crippen molar-refractivity contribution in [2.24, 2.45) is 0 Å². The molecule has 1 aromatic heterocycles. The van der Waals surface area contributed by atoms with Crippen LogP contribution in [-0.4, -0.2) is 9.55 Å². The molecule has 5 rings (SSSR count). The van der Waals surface area contributed by atoms with Crippen LogP contribution in [0.2, 0.25) is 0 Å². The van der Waals surface area contributed by atoms with Crippen LogP contribution in [0, 0.1) is 5.82 Å². The summed E-state index contributed by atoms with van der Waals surface area (Å²) in [5.41, 5.74) is 5.93.